The molecule has 1 aliphatic rings. The standard InChI is InChI=1S/C18H25N3O3/c1-4-11(3)16(17(19)23)20-18(24)13-6-7-14-12(10-13)8-9-21(14)15(22)5-2/h6-7,10-11,16H,4-5,8-9H2,1-3H3,(H2,19,23)(H,20,24). The van der Waals surface area contributed by atoms with Gasteiger partial charge in [-0.25, -0.2) is 0 Å². The SMILES string of the molecule is CCC(=O)N1CCc2cc(C(=O)NC(C(N)=O)C(C)CC)ccc21. The number of hydrogen-bond donors (Lipinski definition) is 2. The van der Waals surface area contributed by atoms with Gasteiger partial charge in [0.25, 0.3) is 5.91 Å². The van der Waals surface area contributed by atoms with Crippen LogP contribution in [0, 0.1) is 5.92 Å². The first-order valence-electron chi connectivity index (χ1n) is 8.42. The summed E-state index contributed by atoms with van der Waals surface area (Å²) in [5.74, 6) is -0.796. The number of benzene rings is 1. The van der Waals surface area contributed by atoms with Crippen LogP contribution >= 0.6 is 0 Å². The minimum Gasteiger partial charge on any atom is -0.368 e. The van der Waals surface area contributed by atoms with Crippen molar-refractivity contribution in [2.45, 2.75) is 46.1 Å². The van der Waals surface area contributed by atoms with E-state index in [0.717, 1.165) is 24.1 Å². The van der Waals surface area contributed by atoms with Crippen LogP contribution in [0.25, 0.3) is 0 Å². The molecule has 3 N–H and O–H groups in total. The lowest BCUT2D eigenvalue weighted by Gasteiger charge is -2.21. The molecule has 6 nitrogen and oxygen atoms in total. The molecule has 6 heteroatoms. The quantitative estimate of drug-likeness (QED) is 0.829. The molecule has 2 unspecified atom stereocenters. The minimum atomic E-state index is -0.686. The van der Waals surface area contributed by atoms with Crippen LogP contribution in [0.15, 0.2) is 18.2 Å². The topological polar surface area (TPSA) is 92.5 Å². The zero-order valence-corrected chi connectivity index (χ0v) is 14.5. The molecule has 1 aromatic rings. The van der Waals surface area contributed by atoms with E-state index in [1.54, 1.807) is 23.1 Å². The Bertz CT molecular complexity index is 657. The third-order valence-corrected chi connectivity index (χ3v) is 4.65. The summed E-state index contributed by atoms with van der Waals surface area (Å²) in [7, 11) is 0. The molecule has 1 aromatic carbocycles. The van der Waals surface area contributed by atoms with Crippen LogP contribution in [0.2, 0.25) is 0 Å². The molecular formula is C18H25N3O3. The highest BCUT2D eigenvalue weighted by molar-refractivity contribution is 6.00. The third kappa shape index (κ3) is 3.58. The molecule has 2 atom stereocenters. The Balaban J connectivity index is 2.17. The normalized spacial score (nSPS) is 15.5. The fraction of sp³-hybridized carbons (Fsp3) is 0.500. The van der Waals surface area contributed by atoms with Crippen LogP contribution < -0.4 is 16.0 Å². The molecule has 0 saturated carbocycles. The van der Waals surface area contributed by atoms with Crippen molar-refractivity contribution in [2.24, 2.45) is 11.7 Å². The molecule has 0 aromatic heterocycles. The van der Waals surface area contributed by atoms with E-state index in [1.165, 1.54) is 0 Å². The van der Waals surface area contributed by atoms with E-state index < -0.39 is 11.9 Å². The van der Waals surface area contributed by atoms with Gasteiger partial charge in [0.15, 0.2) is 0 Å². The Labute approximate surface area is 142 Å². The molecule has 24 heavy (non-hydrogen) atoms. The van der Waals surface area contributed by atoms with Gasteiger partial charge in [0.05, 0.1) is 0 Å². The van der Waals surface area contributed by atoms with Crippen LogP contribution in [0.3, 0.4) is 0 Å². The summed E-state index contributed by atoms with van der Waals surface area (Å²) < 4.78 is 0. The fourth-order valence-electron chi connectivity index (χ4n) is 2.95. The molecule has 3 amide bonds. The number of carbonyl (C=O) groups excluding carboxylic acids is 3. The van der Waals surface area contributed by atoms with E-state index in [-0.39, 0.29) is 17.7 Å². The van der Waals surface area contributed by atoms with Crippen LogP contribution in [0.1, 0.15) is 49.5 Å². The summed E-state index contributed by atoms with van der Waals surface area (Å²) in [6, 6.07) is 4.59. The highest BCUT2D eigenvalue weighted by Gasteiger charge is 2.27. The molecule has 0 radical (unpaired) electrons. The Hall–Kier alpha value is -2.37. The lowest BCUT2D eigenvalue weighted by atomic mass is 9.98. The molecule has 1 aliphatic heterocycles. The maximum atomic E-state index is 12.5. The van der Waals surface area contributed by atoms with Gasteiger partial charge in [0.1, 0.15) is 6.04 Å². The number of nitrogens with zero attached hydrogens (tertiary/aromatic N) is 1. The van der Waals surface area contributed by atoms with E-state index >= 15 is 0 Å². The van der Waals surface area contributed by atoms with E-state index in [0.29, 0.717) is 18.5 Å². The number of anilines is 1. The summed E-state index contributed by atoms with van der Waals surface area (Å²) in [4.78, 5) is 37.7. The highest BCUT2D eigenvalue weighted by Crippen LogP contribution is 2.29. The molecule has 0 spiro atoms. The van der Waals surface area contributed by atoms with Gasteiger partial charge >= 0.3 is 0 Å². The monoisotopic (exact) mass is 331 g/mol. The van der Waals surface area contributed by atoms with Crippen LogP contribution in [-0.4, -0.2) is 30.3 Å². The molecular weight excluding hydrogens is 306 g/mol. The average molecular weight is 331 g/mol. The number of amides is 3. The second-order valence-corrected chi connectivity index (χ2v) is 6.23. The first-order valence-corrected chi connectivity index (χ1v) is 8.42. The van der Waals surface area contributed by atoms with Crippen molar-refractivity contribution in [3.05, 3.63) is 29.3 Å². The molecule has 0 bridgehead atoms. The van der Waals surface area contributed by atoms with Crippen molar-refractivity contribution < 1.29 is 14.4 Å². The Morgan fingerprint density at radius 2 is 2.00 bits per heavy atom. The Morgan fingerprint density at radius 3 is 2.58 bits per heavy atom. The van der Waals surface area contributed by atoms with E-state index in [1.807, 2.05) is 20.8 Å². The average Bonchev–Trinajstić information content (AvgIpc) is 3.00. The van der Waals surface area contributed by atoms with Gasteiger partial charge in [-0.3, -0.25) is 14.4 Å². The molecule has 0 saturated heterocycles. The van der Waals surface area contributed by atoms with Crippen molar-refractivity contribution in [3.8, 4) is 0 Å². The summed E-state index contributed by atoms with van der Waals surface area (Å²) >= 11 is 0. The van der Waals surface area contributed by atoms with Crippen molar-refractivity contribution in [1.29, 1.82) is 0 Å². The number of nitrogens with two attached hydrogens (primary N) is 1. The third-order valence-electron chi connectivity index (χ3n) is 4.65. The Morgan fingerprint density at radius 1 is 1.29 bits per heavy atom. The van der Waals surface area contributed by atoms with Crippen molar-refractivity contribution in [2.75, 3.05) is 11.4 Å². The molecule has 0 aliphatic carbocycles. The first-order chi connectivity index (χ1) is 11.4. The number of carbonyl (C=O) groups is 3. The number of nitrogens with one attached hydrogen (secondary N) is 1. The summed E-state index contributed by atoms with van der Waals surface area (Å²) in [6.07, 6.45) is 1.93. The van der Waals surface area contributed by atoms with Crippen molar-refractivity contribution >= 4 is 23.4 Å². The maximum absolute atomic E-state index is 12.5. The maximum Gasteiger partial charge on any atom is 0.251 e. The van der Waals surface area contributed by atoms with Crippen molar-refractivity contribution in [3.63, 3.8) is 0 Å². The predicted molar refractivity (Wildman–Crippen MR) is 92.7 cm³/mol. The largest absolute Gasteiger partial charge is 0.368 e. The molecule has 0 fully saturated rings. The molecule has 1 heterocycles. The predicted octanol–water partition coefficient (Wildman–Crippen LogP) is 1.62. The lowest BCUT2D eigenvalue weighted by Crippen LogP contribution is -2.48. The van der Waals surface area contributed by atoms with Gasteiger partial charge < -0.3 is 16.0 Å². The van der Waals surface area contributed by atoms with Gasteiger partial charge in [0.2, 0.25) is 11.8 Å². The van der Waals surface area contributed by atoms with E-state index in [4.69, 9.17) is 5.73 Å². The fourth-order valence-corrected chi connectivity index (χ4v) is 2.95. The summed E-state index contributed by atoms with van der Waals surface area (Å²) in [5, 5.41) is 2.73. The van der Waals surface area contributed by atoms with Gasteiger partial charge in [-0.15, -0.1) is 0 Å². The highest BCUT2D eigenvalue weighted by atomic mass is 16.2. The number of fused-ring (bicyclic) bond motifs is 1. The van der Waals surface area contributed by atoms with Crippen LogP contribution in [0.5, 0.6) is 0 Å². The second-order valence-electron chi connectivity index (χ2n) is 6.23. The summed E-state index contributed by atoms with van der Waals surface area (Å²) in [6.45, 7) is 6.30. The zero-order valence-electron chi connectivity index (χ0n) is 14.5. The van der Waals surface area contributed by atoms with E-state index in [9.17, 15) is 14.4 Å². The molecule has 130 valence electrons. The first kappa shape index (κ1) is 18.0. The van der Waals surface area contributed by atoms with Crippen LogP contribution in [0.4, 0.5) is 5.69 Å². The smallest absolute Gasteiger partial charge is 0.251 e. The van der Waals surface area contributed by atoms with Gasteiger partial charge in [-0.1, -0.05) is 27.2 Å². The second kappa shape index (κ2) is 7.47. The van der Waals surface area contributed by atoms with Crippen molar-refractivity contribution in [1.82, 2.24) is 5.32 Å². The zero-order chi connectivity index (χ0) is 17.9. The van der Waals surface area contributed by atoms with Gasteiger partial charge in [-0.2, -0.15) is 0 Å². The van der Waals surface area contributed by atoms with Gasteiger partial charge in [0, 0.05) is 24.2 Å². The number of hydrogen-bond acceptors (Lipinski definition) is 3. The number of rotatable bonds is 6. The van der Waals surface area contributed by atoms with E-state index in [2.05, 4.69) is 5.32 Å². The number of primary amides is 1. The molecule has 2 rings (SSSR count). The summed E-state index contributed by atoms with van der Waals surface area (Å²) in [5.41, 5.74) is 7.72. The van der Waals surface area contributed by atoms with Crippen LogP contribution in [-0.2, 0) is 16.0 Å². The van der Waals surface area contributed by atoms with Gasteiger partial charge in [-0.05, 0) is 36.1 Å². The lowest BCUT2D eigenvalue weighted by molar-refractivity contribution is -0.121. The minimum absolute atomic E-state index is 0.0291. The Kier molecular flexibility index (Phi) is 5.59.